The highest BCUT2D eigenvalue weighted by molar-refractivity contribution is 6.15. The Bertz CT molecular complexity index is 1010. The number of rotatable bonds is 9. The molecule has 0 fully saturated rings. The smallest absolute Gasteiger partial charge is 0.290 e. The summed E-state index contributed by atoms with van der Waals surface area (Å²) in [6, 6.07) is 7.53. The zero-order chi connectivity index (χ0) is 22.7. The van der Waals surface area contributed by atoms with Crippen molar-refractivity contribution >= 4 is 11.7 Å². The average molecular weight is 428 g/mol. The van der Waals surface area contributed by atoms with Gasteiger partial charge in [-0.25, -0.2) is 0 Å². The second-order valence-corrected chi connectivity index (χ2v) is 7.67. The third-order valence-electron chi connectivity index (χ3n) is 5.25. The lowest BCUT2D eigenvalue weighted by atomic mass is 9.94. The van der Waals surface area contributed by atoms with Crippen LogP contribution >= 0.6 is 0 Å². The minimum Gasteiger partial charge on any atom is -0.503 e. The van der Waals surface area contributed by atoms with Crippen molar-refractivity contribution < 1.29 is 28.6 Å². The van der Waals surface area contributed by atoms with E-state index < -0.39 is 23.5 Å². The summed E-state index contributed by atoms with van der Waals surface area (Å²) in [7, 11) is 6.93. The highest BCUT2D eigenvalue weighted by Crippen LogP contribution is 2.43. The molecule has 2 aromatic rings. The maximum absolute atomic E-state index is 13.3. The SMILES string of the molecule is COc1ccc(OC)c([C@H]2C(C(=O)c3ccc(C)o3)=C(O)C(=O)N2CCCN(C)C)c1. The van der Waals surface area contributed by atoms with E-state index in [0.29, 0.717) is 35.8 Å². The van der Waals surface area contributed by atoms with Gasteiger partial charge < -0.3 is 28.8 Å². The van der Waals surface area contributed by atoms with Crippen LogP contribution in [-0.4, -0.2) is 68.0 Å². The van der Waals surface area contributed by atoms with Gasteiger partial charge in [-0.15, -0.1) is 0 Å². The van der Waals surface area contributed by atoms with E-state index in [4.69, 9.17) is 13.9 Å². The van der Waals surface area contributed by atoms with Crippen LogP contribution in [0.5, 0.6) is 11.5 Å². The predicted octanol–water partition coefficient (Wildman–Crippen LogP) is 3.14. The number of carbonyl (C=O) groups is 2. The monoisotopic (exact) mass is 428 g/mol. The summed E-state index contributed by atoms with van der Waals surface area (Å²) in [6.07, 6.45) is 0.663. The van der Waals surface area contributed by atoms with Crippen LogP contribution in [0.1, 0.15) is 34.3 Å². The standard InChI is InChI=1S/C23H28N2O6/c1-14-7-9-18(31-14)21(26)19-20(16-13-15(29-4)8-10-17(16)30-5)25(23(28)22(19)27)12-6-11-24(2)3/h7-10,13,20,27H,6,11-12H2,1-5H3/t20-/m0/s1. The Morgan fingerprint density at radius 3 is 2.52 bits per heavy atom. The van der Waals surface area contributed by atoms with Crippen molar-refractivity contribution in [1.29, 1.82) is 0 Å². The Balaban J connectivity index is 2.11. The summed E-state index contributed by atoms with van der Waals surface area (Å²) in [5, 5.41) is 10.7. The molecule has 3 rings (SSSR count). The number of hydrogen-bond donors (Lipinski definition) is 1. The fourth-order valence-corrected chi connectivity index (χ4v) is 3.74. The van der Waals surface area contributed by atoms with E-state index in [0.717, 1.165) is 6.54 Å². The average Bonchev–Trinajstić information content (AvgIpc) is 3.29. The number of Topliss-reactive ketones (excluding diaryl/α,β-unsaturated/α-hetero) is 1. The van der Waals surface area contributed by atoms with Crippen molar-refractivity contribution in [1.82, 2.24) is 9.80 Å². The molecule has 1 aliphatic rings. The largest absolute Gasteiger partial charge is 0.503 e. The van der Waals surface area contributed by atoms with Crippen LogP contribution < -0.4 is 9.47 Å². The molecule has 1 aliphatic heterocycles. The molecule has 0 aliphatic carbocycles. The van der Waals surface area contributed by atoms with Gasteiger partial charge in [-0.05, 0) is 64.3 Å². The molecule has 0 spiro atoms. The number of ether oxygens (including phenoxy) is 2. The Hall–Kier alpha value is -3.26. The fourth-order valence-electron chi connectivity index (χ4n) is 3.74. The molecule has 0 radical (unpaired) electrons. The van der Waals surface area contributed by atoms with E-state index in [1.165, 1.54) is 25.2 Å². The van der Waals surface area contributed by atoms with Crippen molar-refractivity contribution in [2.24, 2.45) is 0 Å². The van der Waals surface area contributed by atoms with Crippen molar-refractivity contribution in [2.75, 3.05) is 41.4 Å². The topological polar surface area (TPSA) is 92.4 Å². The molecule has 0 bridgehead atoms. The summed E-state index contributed by atoms with van der Waals surface area (Å²) < 4.78 is 16.4. The molecule has 1 amide bonds. The van der Waals surface area contributed by atoms with E-state index in [-0.39, 0.29) is 11.3 Å². The number of furan rings is 1. The van der Waals surface area contributed by atoms with Gasteiger partial charge in [0.2, 0.25) is 5.78 Å². The summed E-state index contributed by atoms with van der Waals surface area (Å²) in [4.78, 5) is 29.8. The molecule has 166 valence electrons. The number of ketones is 1. The quantitative estimate of drug-likeness (QED) is 0.614. The maximum Gasteiger partial charge on any atom is 0.290 e. The molecule has 8 heteroatoms. The number of aryl methyl sites for hydroxylation is 1. The van der Waals surface area contributed by atoms with Crippen molar-refractivity contribution in [3.8, 4) is 11.5 Å². The number of carbonyl (C=O) groups excluding carboxylic acids is 2. The van der Waals surface area contributed by atoms with Gasteiger partial charge in [-0.1, -0.05) is 0 Å². The van der Waals surface area contributed by atoms with E-state index >= 15 is 0 Å². The highest BCUT2D eigenvalue weighted by Gasteiger charge is 2.45. The maximum atomic E-state index is 13.3. The number of benzene rings is 1. The van der Waals surface area contributed by atoms with Crippen LogP contribution in [0.15, 0.2) is 46.1 Å². The number of aliphatic hydroxyl groups is 1. The highest BCUT2D eigenvalue weighted by atomic mass is 16.5. The first-order valence-corrected chi connectivity index (χ1v) is 10.00. The zero-order valence-corrected chi connectivity index (χ0v) is 18.5. The Morgan fingerprint density at radius 2 is 1.94 bits per heavy atom. The minimum absolute atomic E-state index is 0.0317. The van der Waals surface area contributed by atoms with E-state index in [9.17, 15) is 14.7 Å². The lowest BCUT2D eigenvalue weighted by Gasteiger charge is -2.28. The van der Waals surface area contributed by atoms with Gasteiger partial charge in [0.05, 0.1) is 25.8 Å². The molecule has 1 N–H and O–H groups in total. The molecule has 2 heterocycles. The lowest BCUT2D eigenvalue weighted by molar-refractivity contribution is -0.129. The lowest BCUT2D eigenvalue weighted by Crippen LogP contribution is -2.33. The molecular weight excluding hydrogens is 400 g/mol. The molecule has 0 saturated heterocycles. The summed E-state index contributed by atoms with van der Waals surface area (Å²) in [6.45, 7) is 2.81. The molecule has 31 heavy (non-hydrogen) atoms. The van der Waals surface area contributed by atoms with Crippen LogP contribution in [0.4, 0.5) is 0 Å². The summed E-state index contributed by atoms with van der Waals surface area (Å²) in [5.41, 5.74) is 0.520. The van der Waals surface area contributed by atoms with E-state index in [1.54, 1.807) is 31.2 Å². The van der Waals surface area contributed by atoms with Gasteiger partial charge in [0.25, 0.3) is 5.91 Å². The zero-order valence-electron chi connectivity index (χ0n) is 18.5. The first-order valence-electron chi connectivity index (χ1n) is 10.00. The van der Waals surface area contributed by atoms with Crippen LogP contribution in [0.25, 0.3) is 0 Å². The van der Waals surface area contributed by atoms with Crippen molar-refractivity contribution in [3.05, 3.63) is 58.7 Å². The number of hydrogen-bond acceptors (Lipinski definition) is 7. The number of nitrogens with zero attached hydrogens (tertiary/aromatic N) is 2. The molecule has 1 aromatic heterocycles. The van der Waals surface area contributed by atoms with Gasteiger partial charge in [0, 0.05) is 12.1 Å². The van der Waals surface area contributed by atoms with Crippen LogP contribution in [-0.2, 0) is 4.79 Å². The van der Waals surface area contributed by atoms with E-state index in [1.807, 2.05) is 19.0 Å². The number of methoxy groups -OCH3 is 2. The Morgan fingerprint density at radius 1 is 1.19 bits per heavy atom. The number of amides is 1. The van der Waals surface area contributed by atoms with E-state index in [2.05, 4.69) is 0 Å². The fraction of sp³-hybridized carbons (Fsp3) is 0.391. The van der Waals surface area contributed by atoms with Gasteiger partial charge in [0.1, 0.15) is 17.3 Å². The normalized spacial score (nSPS) is 16.4. The minimum atomic E-state index is -0.836. The first kappa shape index (κ1) is 22.4. The molecular formula is C23H28N2O6. The summed E-state index contributed by atoms with van der Waals surface area (Å²) in [5.74, 6) is -0.0571. The third-order valence-corrected chi connectivity index (χ3v) is 5.25. The van der Waals surface area contributed by atoms with Gasteiger partial charge >= 0.3 is 0 Å². The van der Waals surface area contributed by atoms with Crippen LogP contribution in [0, 0.1) is 6.92 Å². The Labute approximate surface area is 181 Å². The van der Waals surface area contributed by atoms with Crippen LogP contribution in [0.2, 0.25) is 0 Å². The van der Waals surface area contributed by atoms with Crippen LogP contribution in [0.3, 0.4) is 0 Å². The van der Waals surface area contributed by atoms with Crippen molar-refractivity contribution in [3.63, 3.8) is 0 Å². The first-order chi connectivity index (χ1) is 14.8. The predicted molar refractivity (Wildman–Crippen MR) is 115 cm³/mol. The summed E-state index contributed by atoms with van der Waals surface area (Å²) >= 11 is 0. The third kappa shape index (κ3) is 4.44. The molecule has 8 nitrogen and oxygen atoms in total. The van der Waals surface area contributed by atoms with Gasteiger partial charge in [0.15, 0.2) is 11.5 Å². The molecule has 1 atom stereocenters. The molecule has 0 saturated carbocycles. The number of aliphatic hydroxyl groups excluding tert-OH is 1. The van der Waals surface area contributed by atoms with Crippen molar-refractivity contribution in [2.45, 2.75) is 19.4 Å². The Kier molecular flexibility index (Phi) is 6.70. The molecule has 1 aromatic carbocycles. The second kappa shape index (κ2) is 9.26. The molecule has 0 unspecified atom stereocenters. The van der Waals surface area contributed by atoms with Gasteiger partial charge in [-0.3, -0.25) is 9.59 Å². The second-order valence-electron chi connectivity index (χ2n) is 7.67. The van der Waals surface area contributed by atoms with Gasteiger partial charge in [-0.2, -0.15) is 0 Å².